The number of halogens is 3. The summed E-state index contributed by atoms with van der Waals surface area (Å²) in [5.41, 5.74) is 2.29. The van der Waals surface area contributed by atoms with Gasteiger partial charge in [0.25, 0.3) is 0 Å². The monoisotopic (exact) mass is 405 g/mol. The Kier molecular flexibility index (Phi) is 5.93. The van der Waals surface area contributed by atoms with Crippen LogP contribution in [-0.2, 0) is 16.1 Å². The number of hydrogen-bond acceptors (Lipinski definition) is 3. The Labute approximate surface area is 167 Å². The van der Waals surface area contributed by atoms with Crippen molar-refractivity contribution in [2.45, 2.75) is 32.1 Å². The van der Waals surface area contributed by atoms with E-state index in [4.69, 9.17) is 0 Å². The van der Waals surface area contributed by atoms with Crippen molar-refractivity contribution in [1.29, 1.82) is 0 Å². The molecule has 0 saturated carbocycles. The van der Waals surface area contributed by atoms with Crippen LogP contribution in [0, 0.1) is 6.92 Å². The van der Waals surface area contributed by atoms with E-state index in [0.717, 1.165) is 11.1 Å². The molecule has 0 radical (unpaired) electrons. The standard InChI is InChI=1S/C21H22F3N3O2/c1-14-7-9-15(10-8-14)12-26(2)13-20(29)27-17-6-4-3-5-16(17)25-19(28)11-18(27)21(22,23)24/h3-10,18H,11-13H2,1-2H3,(H,25,28). The summed E-state index contributed by atoms with van der Waals surface area (Å²) in [6.07, 6.45) is -5.58. The summed E-state index contributed by atoms with van der Waals surface area (Å²) in [5.74, 6) is -1.49. The third-order valence-corrected chi connectivity index (χ3v) is 4.75. The molecule has 5 nitrogen and oxygen atoms in total. The molecule has 0 bridgehead atoms. The first-order valence-electron chi connectivity index (χ1n) is 9.17. The average Bonchev–Trinajstić information content (AvgIpc) is 2.79. The molecule has 1 unspecified atom stereocenters. The Morgan fingerprint density at radius 1 is 1.17 bits per heavy atom. The van der Waals surface area contributed by atoms with E-state index in [1.165, 1.54) is 12.1 Å². The van der Waals surface area contributed by atoms with Crippen molar-refractivity contribution in [3.63, 3.8) is 0 Å². The van der Waals surface area contributed by atoms with Gasteiger partial charge in [0.15, 0.2) is 0 Å². The summed E-state index contributed by atoms with van der Waals surface area (Å²) >= 11 is 0. The van der Waals surface area contributed by atoms with Crippen LogP contribution in [0.4, 0.5) is 24.5 Å². The lowest BCUT2D eigenvalue weighted by molar-refractivity contribution is -0.158. The van der Waals surface area contributed by atoms with E-state index in [9.17, 15) is 22.8 Å². The Morgan fingerprint density at radius 3 is 2.48 bits per heavy atom. The Hall–Kier alpha value is -2.87. The minimum absolute atomic E-state index is 0.0504. The summed E-state index contributed by atoms with van der Waals surface area (Å²) in [7, 11) is 1.67. The second-order valence-corrected chi connectivity index (χ2v) is 7.25. The molecular formula is C21H22F3N3O2. The first kappa shape index (κ1) is 20.9. The summed E-state index contributed by atoms with van der Waals surface area (Å²) in [6, 6.07) is 11.5. The summed E-state index contributed by atoms with van der Waals surface area (Å²) in [6.45, 7) is 2.15. The lowest BCUT2D eigenvalue weighted by Gasteiger charge is -2.33. The van der Waals surface area contributed by atoms with Gasteiger partial charge in [-0.05, 0) is 31.7 Å². The smallest absolute Gasteiger partial charge is 0.324 e. The maximum atomic E-state index is 13.7. The molecule has 2 aromatic rings. The van der Waals surface area contributed by atoms with Gasteiger partial charge in [-0.1, -0.05) is 42.0 Å². The number of fused-ring (bicyclic) bond motifs is 1. The third kappa shape index (κ3) is 4.95. The number of likely N-dealkylation sites (N-methyl/N-ethyl adjacent to an activating group) is 1. The molecule has 2 amide bonds. The molecule has 8 heteroatoms. The van der Waals surface area contributed by atoms with Crippen molar-refractivity contribution < 1.29 is 22.8 Å². The predicted octanol–water partition coefficient (Wildman–Crippen LogP) is 3.73. The van der Waals surface area contributed by atoms with Crippen molar-refractivity contribution in [3.05, 3.63) is 59.7 Å². The minimum Gasteiger partial charge on any atom is -0.324 e. The predicted molar refractivity (Wildman–Crippen MR) is 105 cm³/mol. The minimum atomic E-state index is -4.74. The molecule has 0 saturated heterocycles. The molecular weight excluding hydrogens is 383 g/mol. The van der Waals surface area contributed by atoms with Crippen LogP contribution in [0.3, 0.4) is 0 Å². The van der Waals surface area contributed by atoms with E-state index >= 15 is 0 Å². The fourth-order valence-electron chi connectivity index (χ4n) is 3.36. The normalized spacial score (nSPS) is 17.0. The quantitative estimate of drug-likeness (QED) is 0.843. The first-order chi connectivity index (χ1) is 13.6. The van der Waals surface area contributed by atoms with Gasteiger partial charge in [-0.3, -0.25) is 19.4 Å². The second-order valence-electron chi connectivity index (χ2n) is 7.25. The molecule has 0 spiro atoms. The molecule has 1 atom stereocenters. The van der Waals surface area contributed by atoms with Crippen molar-refractivity contribution >= 4 is 23.2 Å². The summed E-state index contributed by atoms with van der Waals surface area (Å²) < 4.78 is 41.2. The second kappa shape index (κ2) is 8.24. The largest absolute Gasteiger partial charge is 0.409 e. The van der Waals surface area contributed by atoms with Crippen LogP contribution >= 0.6 is 0 Å². The van der Waals surface area contributed by atoms with Gasteiger partial charge in [0, 0.05) is 6.54 Å². The lowest BCUT2D eigenvalue weighted by atomic mass is 10.1. The highest BCUT2D eigenvalue weighted by atomic mass is 19.4. The first-order valence-corrected chi connectivity index (χ1v) is 9.17. The van der Waals surface area contributed by atoms with Gasteiger partial charge in [0.05, 0.1) is 24.3 Å². The number of rotatable bonds is 4. The number of amides is 2. The van der Waals surface area contributed by atoms with Crippen LogP contribution in [0.2, 0.25) is 0 Å². The van der Waals surface area contributed by atoms with Gasteiger partial charge in [-0.25, -0.2) is 0 Å². The van der Waals surface area contributed by atoms with Crippen LogP contribution in [0.5, 0.6) is 0 Å². The molecule has 154 valence electrons. The average molecular weight is 405 g/mol. The molecule has 3 rings (SSSR count). The maximum absolute atomic E-state index is 13.7. The van der Waals surface area contributed by atoms with Crippen molar-refractivity contribution in [3.8, 4) is 0 Å². The van der Waals surface area contributed by atoms with Gasteiger partial charge in [0.2, 0.25) is 11.8 Å². The van der Waals surface area contributed by atoms with Crippen molar-refractivity contribution in [2.75, 3.05) is 23.8 Å². The fourth-order valence-corrected chi connectivity index (χ4v) is 3.36. The number of anilines is 2. The number of hydrogen-bond donors (Lipinski definition) is 1. The molecule has 1 N–H and O–H groups in total. The number of para-hydroxylation sites is 2. The van der Waals surface area contributed by atoms with E-state index in [0.29, 0.717) is 11.4 Å². The van der Waals surface area contributed by atoms with E-state index in [-0.39, 0.29) is 17.9 Å². The maximum Gasteiger partial charge on any atom is 0.409 e. The lowest BCUT2D eigenvalue weighted by Crippen LogP contribution is -2.52. The molecule has 0 fully saturated rings. The van der Waals surface area contributed by atoms with Crippen molar-refractivity contribution in [2.24, 2.45) is 0 Å². The molecule has 0 aromatic heterocycles. The highest BCUT2D eigenvalue weighted by Gasteiger charge is 2.49. The van der Waals surface area contributed by atoms with Gasteiger partial charge in [0.1, 0.15) is 6.04 Å². The molecule has 1 heterocycles. The van der Waals surface area contributed by atoms with Crippen LogP contribution in [-0.4, -0.2) is 42.5 Å². The zero-order valence-electron chi connectivity index (χ0n) is 16.2. The van der Waals surface area contributed by atoms with Gasteiger partial charge in [-0.2, -0.15) is 13.2 Å². The van der Waals surface area contributed by atoms with Gasteiger partial charge in [-0.15, -0.1) is 0 Å². The van der Waals surface area contributed by atoms with E-state index < -0.39 is 30.5 Å². The van der Waals surface area contributed by atoms with E-state index in [2.05, 4.69) is 5.32 Å². The topological polar surface area (TPSA) is 52.7 Å². The number of carbonyl (C=O) groups excluding carboxylic acids is 2. The highest BCUT2D eigenvalue weighted by molar-refractivity contribution is 6.05. The van der Waals surface area contributed by atoms with Crippen LogP contribution < -0.4 is 10.2 Å². The van der Waals surface area contributed by atoms with E-state index in [1.807, 2.05) is 31.2 Å². The number of alkyl halides is 3. The molecule has 1 aliphatic heterocycles. The zero-order valence-corrected chi connectivity index (χ0v) is 16.2. The number of aryl methyl sites for hydroxylation is 1. The Morgan fingerprint density at radius 2 is 1.83 bits per heavy atom. The van der Waals surface area contributed by atoms with Crippen molar-refractivity contribution in [1.82, 2.24) is 4.90 Å². The number of nitrogens with one attached hydrogen (secondary N) is 1. The molecule has 1 aliphatic rings. The Balaban J connectivity index is 1.86. The molecule has 0 aliphatic carbocycles. The summed E-state index contributed by atoms with van der Waals surface area (Å²) in [5, 5.41) is 2.46. The van der Waals surface area contributed by atoms with E-state index in [1.54, 1.807) is 24.1 Å². The SMILES string of the molecule is Cc1ccc(CN(C)CC(=O)N2c3ccccc3NC(=O)CC2C(F)(F)F)cc1. The third-order valence-electron chi connectivity index (χ3n) is 4.75. The van der Waals surface area contributed by atoms with Crippen LogP contribution in [0.25, 0.3) is 0 Å². The molecule has 2 aromatic carbocycles. The van der Waals surface area contributed by atoms with Crippen LogP contribution in [0.1, 0.15) is 17.5 Å². The number of nitrogens with zero attached hydrogens (tertiary/aromatic N) is 2. The summed E-state index contributed by atoms with van der Waals surface area (Å²) in [4.78, 5) is 27.3. The number of carbonyl (C=O) groups is 2. The van der Waals surface area contributed by atoms with Gasteiger partial charge < -0.3 is 5.32 Å². The fraction of sp³-hybridized carbons (Fsp3) is 0.333. The van der Waals surface area contributed by atoms with Gasteiger partial charge >= 0.3 is 6.18 Å². The zero-order chi connectivity index (χ0) is 21.2. The number of benzene rings is 2. The molecule has 29 heavy (non-hydrogen) atoms. The highest BCUT2D eigenvalue weighted by Crippen LogP contribution is 2.37. The Bertz CT molecular complexity index is 897. The van der Waals surface area contributed by atoms with Crippen LogP contribution in [0.15, 0.2) is 48.5 Å².